The van der Waals surface area contributed by atoms with Crippen LogP contribution in [-0.4, -0.2) is 26.0 Å². The maximum atomic E-state index is 13.4. The minimum absolute atomic E-state index is 0. The van der Waals surface area contributed by atoms with Crippen LogP contribution < -0.4 is 10.5 Å². The average molecular weight is 338 g/mol. The number of carbonyl (C=O) groups is 1. The number of esters is 1. The molecule has 0 saturated carbocycles. The van der Waals surface area contributed by atoms with Gasteiger partial charge in [0.15, 0.2) is 0 Å². The van der Waals surface area contributed by atoms with Gasteiger partial charge in [-0.25, -0.2) is 8.78 Å². The number of rotatable bonds is 8. The smallest absolute Gasteiger partial charge is 0.308 e. The number of alkyl halides is 1. The van der Waals surface area contributed by atoms with E-state index in [1.165, 1.54) is 25.3 Å². The molecule has 0 amide bonds. The van der Waals surface area contributed by atoms with E-state index in [0.717, 1.165) is 0 Å². The Hall–Kier alpha value is -1.40. The molecule has 1 aromatic rings. The summed E-state index contributed by atoms with van der Waals surface area (Å²) in [5, 5.41) is 0. The Morgan fingerprint density at radius 1 is 1.41 bits per heavy atom. The number of nitrogens with two attached hydrogens (primary N) is 1. The summed E-state index contributed by atoms with van der Waals surface area (Å²) in [4.78, 5) is 11.7. The van der Waals surface area contributed by atoms with E-state index < -0.39 is 24.1 Å². The van der Waals surface area contributed by atoms with Crippen LogP contribution in [0.25, 0.3) is 0 Å². The number of benzene rings is 1. The van der Waals surface area contributed by atoms with Crippen LogP contribution >= 0.6 is 12.4 Å². The van der Waals surface area contributed by atoms with E-state index in [9.17, 15) is 13.6 Å². The molecular formula is C15H22ClF2NO3. The molecule has 0 aliphatic rings. The Morgan fingerprint density at radius 2 is 2.09 bits per heavy atom. The first-order valence-electron chi connectivity index (χ1n) is 6.88. The van der Waals surface area contributed by atoms with E-state index in [0.29, 0.717) is 17.7 Å². The van der Waals surface area contributed by atoms with Crippen molar-refractivity contribution in [3.8, 4) is 5.75 Å². The first-order chi connectivity index (χ1) is 10.0. The van der Waals surface area contributed by atoms with Gasteiger partial charge in [-0.2, -0.15) is 0 Å². The van der Waals surface area contributed by atoms with Crippen LogP contribution in [0.4, 0.5) is 8.78 Å². The normalized spacial score (nSPS) is 13.0. The van der Waals surface area contributed by atoms with E-state index in [4.69, 9.17) is 10.5 Å². The fraction of sp³-hybridized carbons (Fsp3) is 0.533. The number of carbonyl (C=O) groups excluding carboxylic acids is 1. The lowest BCUT2D eigenvalue weighted by molar-refractivity contribution is -0.158. The highest BCUT2D eigenvalue weighted by atomic mass is 35.5. The molecule has 1 rings (SSSR count). The van der Waals surface area contributed by atoms with Gasteiger partial charge >= 0.3 is 5.97 Å². The minimum atomic E-state index is -1.62. The SMILES string of the molecule is CCCC(F)OC(=O)CC(CN)c1cc(F)ccc1OC.Cl. The monoisotopic (exact) mass is 337 g/mol. The molecule has 2 atom stereocenters. The fourth-order valence-electron chi connectivity index (χ4n) is 2.02. The second-order valence-corrected chi connectivity index (χ2v) is 4.71. The molecule has 2 N–H and O–H groups in total. The van der Waals surface area contributed by atoms with Crippen molar-refractivity contribution in [1.82, 2.24) is 0 Å². The molecule has 7 heteroatoms. The van der Waals surface area contributed by atoms with Crippen molar-refractivity contribution in [1.29, 1.82) is 0 Å². The molecule has 22 heavy (non-hydrogen) atoms. The molecule has 0 aliphatic carbocycles. The molecule has 0 fully saturated rings. The summed E-state index contributed by atoms with van der Waals surface area (Å²) in [6.07, 6.45) is -1.01. The third-order valence-corrected chi connectivity index (χ3v) is 3.10. The number of halogens is 3. The summed E-state index contributed by atoms with van der Waals surface area (Å²) in [6.45, 7) is 1.89. The summed E-state index contributed by atoms with van der Waals surface area (Å²) in [7, 11) is 1.45. The largest absolute Gasteiger partial charge is 0.496 e. The summed E-state index contributed by atoms with van der Waals surface area (Å²) < 4.78 is 36.4. The highest BCUT2D eigenvalue weighted by Gasteiger charge is 2.22. The van der Waals surface area contributed by atoms with Gasteiger partial charge in [-0.05, 0) is 31.2 Å². The van der Waals surface area contributed by atoms with Crippen molar-refractivity contribution < 1.29 is 23.0 Å². The lowest BCUT2D eigenvalue weighted by atomic mass is 9.95. The molecule has 126 valence electrons. The van der Waals surface area contributed by atoms with E-state index in [2.05, 4.69) is 4.74 Å². The molecule has 0 spiro atoms. The van der Waals surface area contributed by atoms with Crippen molar-refractivity contribution in [3.63, 3.8) is 0 Å². The highest BCUT2D eigenvalue weighted by molar-refractivity contribution is 5.85. The van der Waals surface area contributed by atoms with Crippen molar-refractivity contribution in [3.05, 3.63) is 29.6 Å². The van der Waals surface area contributed by atoms with Gasteiger partial charge in [0.25, 0.3) is 0 Å². The second kappa shape index (κ2) is 10.3. The second-order valence-electron chi connectivity index (χ2n) is 4.71. The van der Waals surface area contributed by atoms with E-state index >= 15 is 0 Å². The minimum Gasteiger partial charge on any atom is -0.496 e. The molecule has 0 saturated heterocycles. The third kappa shape index (κ3) is 6.15. The number of methoxy groups -OCH3 is 1. The highest BCUT2D eigenvalue weighted by Crippen LogP contribution is 2.29. The zero-order chi connectivity index (χ0) is 15.8. The van der Waals surface area contributed by atoms with Gasteiger partial charge in [-0.3, -0.25) is 4.79 Å². The summed E-state index contributed by atoms with van der Waals surface area (Å²) >= 11 is 0. The van der Waals surface area contributed by atoms with Crippen molar-refractivity contribution >= 4 is 18.4 Å². The molecule has 2 unspecified atom stereocenters. The van der Waals surface area contributed by atoms with E-state index in [-0.39, 0.29) is 31.8 Å². The van der Waals surface area contributed by atoms with Crippen LogP contribution in [0.3, 0.4) is 0 Å². The molecule has 0 heterocycles. The molecule has 0 radical (unpaired) electrons. The molecular weight excluding hydrogens is 316 g/mol. The van der Waals surface area contributed by atoms with Crippen molar-refractivity contribution in [2.24, 2.45) is 5.73 Å². The topological polar surface area (TPSA) is 61.5 Å². The van der Waals surface area contributed by atoms with Crippen molar-refractivity contribution in [2.75, 3.05) is 13.7 Å². The Morgan fingerprint density at radius 3 is 2.64 bits per heavy atom. The van der Waals surface area contributed by atoms with Gasteiger partial charge < -0.3 is 15.2 Å². The zero-order valence-corrected chi connectivity index (χ0v) is 13.5. The standard InChI is InChI=1S/C15H21F2NO3.ClH/c1-3-4-14(17)21-15(19)7-10(9-18)12-8-11(16)5-6-13(12)20-2;/h5-6,8,10,14H,3-4,7,9,18H2,1-2H3;1H. The van der Waals surface area contributed by atoms with Crippen LogP contribution in [0.15, 0.2) is 18.2 Å². The lowest BCUT2D eigenvalue weighted by Crippen LogP contribution is -2.21. The first-order valence-corrected chi connectivity index (χ1v) is 6.88. The average Bonchev–Trinajstić information content (AvgIpc) is 2.44. The predicted octanol–water partition coefficient (Wildman–Crippen LogP) is 3.33. The number of hydrogen-bond acceptors (Lipinski definition) is 4. The molecule has 0 aromatic heterocycles. The molecule has 4 nitrogen and oxygen atoms in total. The Labute approximate surface area is 135 Å². The Balaban J connectivity index is 0.00000441. The first kappa shape index (κ1) is 20.6. The van der Waals surface area contributed by atoms with Crippen LogP contribution in [0, 0.1) is 5.82 Å². The number of hydrogen-bond donors (Lipinski definition) is 1. The summed E-state index contributed by atoms with van der Waals surface area (Å²) in [5.74, 6) is -1.20. The lowest BCUT2D eigenvalue weighted by Gasteiger charge is -2.18. The summed E-state index contributed by atoms with van der Waals surface area (Å²) in [5.41, 5.74) is 6.11. The van der Waals surface area contributed by atoms with Gasteiger partial charge in [0.05, 0.1) is 13.5 Å². The van der Waals surface area contributed by atoms with Crippen LogP contribution in [0.1, 0.15) is 37.7 Å². The van der Waals surface area contributed by atoms with Gasteiger partial charge in [-0.15, -0.1) is 12.4 Å². The van der Waals surface area contributed by atoms with Crippen molar-refractivity contribution in [2.45, 2.75) is 38.5 Å². The maximum Gasteiger partial charge on any atom is 0.308 e. The van der Waals surface area contributed by atoms with Gasteiger partial charge in [-0.1, -0.05) is 6.92 Å². The van der Waals surface area contributed by atoms with E-state index in [1.54, 1.807) is 6.92 Å². The van der Waals surface area contributed by atoms with E-state index in [1.807, 2.05) is 0 Å². The Kier molecular flexibility index (Phi) is 9.69. The summed E-state index contributed by atoms with van der Waals surface area (Å²) in [6, 6.07) is 3.99. The van der Waals surface area contributed by atoms with Gasteiger partial charge in [0, 0.05) is 17.9 Å². The Bertz CT molecular complexity index is 474. The fourth-order valence-corrected chi connectivity index (χ4v) is 2.02. The molecule has 0 bridgehead atoms. The third-order valence-electron chi connectivity index (χ3n) is 3.10. The quantitative estimate of drug-likeness (QED) is 0.739. The maximum absolute atomic E-state index is 13.4. The molecule has 0 aliphatic heterocycles. The van der Waals surface area contributed by atoms with Crippen LogP contribution in [0.5, 0.6) is 5.75 Å². The zero-order valence-electron chi connectivity index (χ0n) is 12.7. The predicted molar refractivity (Wildman–Crippen MR) is 82.5 cm³/mol. The van der Waals surface area contributed by atoms with Gasteiger partial charge in [0.2, 0.25) is 6.36 Å². The van der Waals surface area contributed by atoms with Gasteiger partial charge in [0.1, 0.15) is 11.6 Å². The number of ether oxygens (including phenoxy) is 2. The molecule has 1 aromatic carbocycles. The van der Waals surface area contributed by atoms with Crippen LogP contribution in [0.2, 0.25) is 0 Å². The van der Waals surface area contributed by atoms with Crippen LogP contribution in [-0.2, 0) is 9.53 Å².